The van der Waals surface area contributed by atoms with Gasteiger partial charge in [0.1, 0.15) is 75.2 Å². The van der Waals surface area contributed by atoms with Gasteiger partial charge in [0.15, 0.2) is 45.1 Å². The van der Waals surface area contributed by atoms with Gasteiger partial charge in [0, 0.05) is 49.1 Å². The largest absolute Gasteiger partial charge is 0.490 e. The molecular weight excluding hydrogens is 2020 g/mol. The molecule has 0 aromatic carbocycles. The van der Waals surface area contributed by atoms with E-state index in [-0.39, 0.29) is 4.57 Å². The zero-order valence-electron chi connectivity index (χ0n) is 61.9. The molecule has 688 valence electrons. The first kappa shape index (κ1) is 97.6. The van der Waals surface area contributed by atoms with Crippen molar-refractivity contribution in [3.63, 3.8) is 0 Å². The van der Waals surface area contributed by atoms with Crippen LogP contribution in [0.2, 0.25) is 0 Å². The lowest BCUT2D eigenvalue weighted by molar-refractivity contribution is -0.0774. The molecule has 0 amide bonds. The topological polar surface area (TPSA) is 1060 Å². The number of aromatic amines is 4. The lowest BCUT2D eigenvalue weighted by Gasteiger charge is -2.25. The molecule has 0 spiro atoms. The van der Waals surface area contributed by atoms with Crippen LogP contribution >= 0.6 is 140 Å². The van der Waals surface area contributed by atoms with Crippen LogP contribution in [0, 0.1) is 0 Å². The van der Waals surface area contributed by atoms with E-state index >= 15 is 0 Å². The van der Waals surface area contributed by atoms with Crippen molar-refractivity contribution in [1.29, 1.82) is 0 Å². The van der Waals surface area contributed by atoms with Crippen molar-refractivity contribution in [2.75, 3.05) is 26.3 Å². The van der Waals surface area contributed by atoms with Crippen LogP contribution in [0.4, 0.5) is 0 Å². The van der Waals surface area contributed by atoms with Crippen LogP contribution in [-0.4, -0.2) is 253 Å². The highest BCUT2D eigenvalue weighted by atomic mass is 35.5. The minimum absolute atomic E-state index is 0.160. The summed E-state index contributed by atoms with van der Waals surface area (Å²) in [5.74, 6) is 0. The Balaban J connectivity index is 0.000000298. The van der Waals surface area contributed by atoms with Gasteiger partial charge in [0.25, 0.3) is 22.2 Å². The van der Waals surface area contributed by atoms with E-state index in [0.717, 1.165) is 36.8 Å². The second-order valence-electron chi connectivity index (χ2n) is 21.7. The lowest BCUT2D eigenvalue weighted by Crippen LogP contribution is -2.42. The molecular formula is C36H56Cl4N8O60P12. The number of alkyl halides is 4. The Kier molecular flexibility index (Phi) is 32.2. The van der Waals surface area contributed by atoms with Gasteiger partial charge in [-0.3, -0.25) is 75.5 Å². The smallest absolute Gasteiger partial charge is 0.386 e. The average molecular weight is 2080 g/mol. The van der Waals surface area contributed by atoms with Gasteiger partial charge in [-0.2, -0.15) is 34.5 Å². The van der Waals surface area contributed by atoms with E-state index in [1.54, 1.807) is 15.0 Å². The summed E-state index contributed by atoms with van der Waals surface area (Å²) >= 11 is 23.4. The summed E-state index contributed by atoms with van der Waals surface area (Å²) in [4.78, 5) is 241. The van der Waals surface area contributed by atoms with E-state index in [0.29, 0.717) is 26.0 Å². The van der Waals surface area contributed by atoms with Gasteiger partial charge < -0.3 is 138 Å². The van der Waals surface area contributed by atoms with Crippen molar-refractivity contribution < 1.29 is 254 Å². The number of aromatic nitrogens is 8. The predicted molar refractivity (Wildman–Crippen MR) is 367 cm³/mol. The van der Waals surface area contributed by atoms with Crippen molar-refractivity contribution in [3.05, 3.63) is 132 Å². The van der Waals surface area contributed by atoms with E-state index in [9.17, 15) is 154 Å². The molecule has 8 rings (SSSR count). The molecule has 4 aromatic rings. The van der Waals surface area contributed by atoms with Crippen LogP contribution in [-0.2, 0) is 126 Å². The fraction of sp³-hybridized carbons (Fsp3) is 0.556. The molecule has 0 radical (unpaired) electrons. The number of halogens is 4. The minimum Gasteiger partial charge on any atom is -0.386 e. The summed E-state index contributed by atoms with van der Waals surface area (Å²) in [6.45, 7) is -10.7. The highest BCUT2D eigenvalue weighted by Crippen LogP contribution is 2.70. The first-order valence-corrected chi connectivity index (χ1v) is 48.1. The summed E-state index contributed by atoms with van der Waals surface area (Å²) in [5.41, 5.74) is -8.37. The summed E-state index contributed by atoms with van der Waals surface area (Å²) in [6.07, 6.45) is -25.4. The van der Waals surface area contributed by atoms with Gasteiger partial charge in [0.05, 0.1) is 8.22 Å². The van der Waals surface area contributed by atoms with Crippen molar-refractivity contribution >= 4 is 140 Å². The second-order valence-corrected chi connectivity index (χ2v) is 41.6. The SMILES string of the molecule is O=c1ccn([C@@H]2O[C@](Cl)(COP(=O)(O)OP(=O)(O)OP(=O)(O)O)[C@@H](O)[C@H]2O)c(=O)[nH]1.[2H]C([2H])(OP(=O)(O)OP(=O)(O)OP(=O)(O)O)[C@@]1(Cl)O[C@@H](n2ccc(=O)[nH]c2=O)[C@H](O)[C@@H]1O.[2H]C([2H])(OP(=O)(O)OP(=O)(O)OP(=O)(O)O)[C@@]1(Cl)O[C@@]([2H])(n2ccc(=O)[nH]c2=O)[C@H](O)[C@@H]1O.[2H][C@@]1(n2ccc(=O)[nH]c2=O)O[C@](Cl)(COP(=O)(O)OP(=O)(O)OP(=O)(O)O)[C@@H](O)[C@H]1O. The van der Waals surface area contributed by atoms with E-state index < -0.39 is 259 Å². The monoisotopic (exact) mass is 2080 g/mol. The van der Waals surface area contributed by atoms with Gasteiger partial charge in [-0.25, -0.2) is 74.0 Å². The highest BCUT2D eigenvalue weighted by Gasteiger charge is 2.61. The van der Waals surface area contributed by atoms with E-state index in [1.165, 1.54) is 0 Å². The second kappa shape index (κ2) is 39.6. The van der Waals surface area contributed by atoms with Gasteiger partial charge >= 0.3 is 117 Å². The third kappa shape index (κ3) is 31.8. The molecule has 4 aromatic heterocycles. The summed E-state index contributed by atoms with van der Waals surface area (Å²) in [5, 5.41) is 69.0. The molecule has 4 aliphatic heterocycles. The number of nitrogens with one attached hydrogen (secondary N) is 4. The standard InChI is InChI=1S/4C9H14ClN2O15P3/c4*10-9(3-24-29(20,21)27-30(22,23)26-28(17,18)19)6(15)5(14)7(25-9)12-2-1-4(13)11-8(12)16/h4*1-2,5-7,14-15H,3H2,(H,20,21)(H,22,23)(H,11,13,16)(H2,17,18,19)/t4*5-,6+,7-,9-/m1111/s1/i3D2,7D;7D;3D2;. The summed E-state index contributed by atoms with van der Waals surface area (Å²) in [7, 11) is -70.0. The van der Waals surface area contributed by atoms with Crippen LogP contribution in [0.1, 0.15) is 33.1 Å². The van der Waals surface area contributed by atoms with Gasteiger partial charge in [-0.15, -0.1) is 0 Å². The molecule has 24 atom stereocenters. The average Bonchev–Trinajstić information content (AvgIpc) is 1.55. The van der Waals surface area contributed by atoms with Crippen LogP contribution in [0.15, 0.2) is 87.4 Å². The van der Waals surface area contributed by atoms with Crippen molar-refractivity contribution in [2.45, 2.75) is 93.9 Å². The fourth-order valence-electron chi connectivity index (χ4n) is 8.16. The Bertz CT molecular complexity index is 5870. The van der Waals surface area contributed by atoms with Crippen LogP contribution in [0.25, 0.3) is 0 Å². The Hall–Kier alpha value is -2.96. The number of aliphatic hydroxyl groups is 8. The van der Waals surface area contributed by atoms with E-state index in [2.05, 4.69) is 52.6 Å². The molecule has 68 nitrogen and oxygen atoms in total. The third-order valence-electron chi connectivity index (χ3n) is 12.6. The number of phosphoric acid groups is 12. The molecule has 120 heavy (non-hydrogen) atoms. The van der Waals surface area contributed by atoms with E-state index in [1.807, 2.05) is 4.98 Å². The molecule has 8 unspecified atom stereocenters. The number of aliphatic hydroxyl groups excluding tert-OH is 8. The molecule has 4 aliphatic rings. The number of rotatable bonds is 32. The van der Waals surface area contributed by atoms with Crippen molar-refractivity contribution in [3.8, 4) is 0 Å². The van der Waals surface area contributed by atoms with Crippen molar-refractivity contribution in [2.24, 2.45) is 0 Å². The minimum atomic E-state index is -6.18. The number of nitrogens with zero attached hydrogens (tertiary/aromatic N) is 4. The number of hydrogen-bond acceptors (Lipinski definition) is 44. The Morgan fingerprint density at radius 2 is 0.533 bits per heavy atom. The normalized spacial score (nSPS) is 33.4. The molecule has 28 N–H and O–H groups in total. The highest BCUT2D eigenvalue weighted by molar-refractivity contribution is 7.68. The molecule has 4 saturated heterocycles. The molecule has 0 aliphatic carbocycles. The van der Waals surface area contributed by atoms with Gasteiger partial charge in [0.2, 0.25) is 0 Å². The number of H-pyrrole nitrogens is 4. The maximum atomic E-state index is 12.0. The summed E-state index contributed by atoms with van der Waals surface area (Å²) < 4.78 is 248. The van der Waals surface area contributed by atoms with Gasteiger partial charge in [-0.05, 0) is 0 Å². The summed E-state index contributed by atoms with van der Waals surface area (Å²) in [6, 6.07) is 3.11. The zero-order chi connectivity index (χ0) is 97.9. The first-order chi connectivity index (χ1) is 56.0. The van der Waals surface area contributed by atoms with Crippen LogP contribution in [0.3, 0.4) is 0 Å². The number of ether oxygens (including phenoxy) is 4. The first-order valence-electron chi connectivity index (χ1n) is 31.5. The third-order valence-corrected chi connectivity index (χ3v) is 29.1. The number of phosphoric ester groups is 4. The predicted octanol–water partition coefficient (Wildman–Crippen LogP) is -7.74. The molecule has 8 heterocycles. The lowest BCUT2D eigenvalue weighted by atomic mass is 10.1. The van der Waals surface area contributed by atoms with Crippen molar-refractivity contribution in [1.82, 2.24) is 38.2 Å². The van der Waals surface area contributed by atoms with Crippen LogP contribution in [0.5, 0.6) is 0 Å². The zero-order valence-corrected chi connectivity index (χ0v) is 69.7. The van der Waals surface area contributed by atoms with Gasteiger partial charge in [-0.1, -0.05) is 46.4 Å². The molecule has 84 heteroatoms. The quantitative estimate of drug-likeness (QED) is 0.0159. The number of hydrogen-bond donors (Lipinski definition) is 28. The molecule has 0 saturated carbocycles. The fourth-order valence-corrected chi connectivity index (χ4v) is 21.3. The van der Waals surface area contributed by atoms with E-state index in [4.69, 9.17) is 132 Å². The molecule has 4 fully saturated rings. The Morgan fingerprint density at radius 1 is 0.325 bits per heavy atom. The Labute approximate surface area is 682 Å². The maximum Gasteiger partial charge on any atom is 0.490 e. The van der Waals surface area contributed by atoms with Crippen LogP contribution < -0.4 is 45.0 Å². The maximum absolute atomic E-state index is 12.0. The molecule has 0 bridgehead atoms. The Morgan fingerprint density at radius 3 is 0.800 bits per heavy atom.